The van der Waals surface area contributed by atoms with Crippen LogP contribution in [0.4, 0.5) is 0 Å². The number of rotatable bonds is 13. The molecule has 230 valence electrons. The normalized spacial score (nSPS) is 11.8. The van der Waals surface area contributed by atoms with E-state index in [-0.39, 0.29) is 37.6 Å². The molecule has 0 radical (unpaired) electrons. The molecule has 0 spiro atoms. The highest BCUT2D eigenvalue weighted by molar-refractivity contribution is 5.87. The van der Waals surface area contributed by atoms with Crippen molar-refractivity contribution < 1.29 is 38.1 Å². The first-order valence-corrected chi connectivity index (χ1v) is 13.6. The Bertz CT molecular complexity index is 1140. The van der Waals surface area contributed by atoms with E-state index in [1.807, 2.05) is 9.80 Å². The number of carbonyl (C=O) groups excluding carboxylic acids is 4. The average molecular weight is 587 g/mol. The molecule has 42 heavy (non-hydrogen) atoms. The van der Waals surface area contributed by atoms with Crippen molar-refractivity contribution in [1.29, 1.82) is 0 Å². The minimum absolute atomic E-state index is 0.0578. The third kappa shape index (κ3) is 12.7. The van der Waals surface area contributed by atoms with Crippen LogP contribution in [-0.4, -0.2) is 95.2 Å². The molecule has 0 aliphatic rings. The summed E-state index contributed by atoms with van der Waals surface area (Å²) in [6.07, 6.45) is 0. The van der Waals surface area contributed by atoms with Gasteiger partial charge in [-0.25, -0.2) is 19.6 Å². The van der Waals surface area contributed by atoms with Crippen LogP contribution in [0, 0.1) is 0 Å². The predicted molar refractivity (Wildman–Crippen MR) is 153 cm³/mol. The van der Waals surface area contributed by atoms with Crippen molar-refractivity contribution >= 4 is 23.9 Å². The molecule has 0 unspecified atom stereocenters. The molecule has 0 aliphatic heterocycles. The van der Waals surface area contributed by atoms with E-state index in [0.717, 1.165) is 0 Å². The van der Waals surface area contributed by atoms with Crippen molar-refractivity contribution in [3.8, 4) is 0 Å². The summed E-state index contributed by atoms with van der Waals surface area (Å²) in [5.41, 5.74) is 0.0429. The monoisotopic (exact) mass is 586 g/mol. The average Bonchev–Trinajstić information content (AvgIpc) is 2.88. The lowest BCUT2D eigenvalue weighted by atomic mass is 10.2. The molecule has 2 rings (SSSR count). The summed E-state index contributed by atoms with van der Waals surface area (Å²) >= 11 is 0. The van der Waals surface area contributed by atoms with E-state index in [2.05, 4.69) is 9.97 Å². The number of esters is 4. The van der Waals surface area contributed by atoms with E-state index in [1.54, 1.807) is 77.9 Å². The molecular weight excluding hydrogens is 544 g/mol. The number of aromatic nitrogens is 2. The quantitative estimate of drug-likeness (QED) is 0.252. The highest BCUT2D eigenvalue weighted by atomic mass is 16.6. The van der Waals surface area contributed by atoms with Gasteiger partial charge in [0.1, 0.15) is 22.6 Å². The van der Waals surface area contributed by atoms with Crippen molar-refractivity contribution in [3.05, 3.63) is 59.2 Å². The minimum atomic E-state index is -0.676. The Morgan fingerprint density at radius 1 is 0.643 bits per heavy atom. The van der Waals surface area contributed by atoms with Crippen LogP contribution in [0.1, 0.15) is 73.9 Å². The van der Waals surface area contributed by atoms with Crippen molar-refractivity contribution in [2.75, 3.05) is 40.4 Å². The van der Waals surface area contributed by atoms with Crippen LogP contribution >= 0.6 is 0 Å². The van der Waals surface area contributed by atoms with Gasteiger partial charge < -0.3 is 18.9 Å². The fraction of sp³-hybridized carbons (Fsp3) is 0.533. The van der Waals surface area contributed by atoms with Crippen LogP contribution in [0.25, 0.3) is 0 Å². The number of nitrogens with zero attached hydrogens (tertiary/aromatic N) is 4. The second kappa shape index (κ2) is 15.4. The zero-order chi connectivity index (χ0) is 31.5. The molecule has 0 fully saturated rings. The Morgan fingerprint density at radius 2 is 1.00 bits per heavy atom. The van der Waals surface area contributed by atoms with Gasteiger partial charge in [-0.3, -0.25) is 19.4 Å². The number of pyridine rings is 2. The van der Waals surface area contributed by atoms with Gasteiger partial charge in [0.25, 0.3) is 0 Å². The Morgan fingerprint density at radius 3 is 1.31 bits per heavy atom. The summed E-state index contributed by atoms with van der Waals surface area (Å²) in [6, 6.07) is 9.96. The van der Waals surface area contributed by atoms with Crippen LogP contribution in [0.15, 0.2) is 36.4 Å². The van der Waals surface area contributed by atoms with Crippen molar-refractivity contribution in [1.82, 2.24) is 19.8 Å². The number of methoxy groups -OCH3 is 2. The maximum Gasteiger partial charge on any atom is 0.356 e. The van der Waals surface area contributed by atoms with Crippen molar-refractivity contribution in [2.24, 2.45) is 0 Å². The molecule has 12 heteroatoms. The van der Waals surface area contributed by atoms with Gasteiger partial charge in [-0.05, 0) is 65.8 Å². The predicted octanol–water partition coefficient (Wildman–Crippen LogP) is 3.04. The van der Waals surface area contributed by atoms with E-state index in [1.165, 1.54) is 14.2 Å². The Labute approximate surface area is 247 Å². The lowest BCUT2D eigenvalue weighted by Gasteiger charge is -2.29. The number of carbonyl (C=O) groups is 4. The molecule has 0 aliphatic carbocycles. The highest BCUT2D eigenvalue weighted by Crippen LogP contribution is 2.13. The smallest absolute Gasteiger partial charge is 0.356 e. The van der Waals surface area contributed by atoms with E-state index >= 15 is 0 Å². The second-order valence-corrected chi connectivity index (χ2v) is 11.6. The topological polar surface area (TPSA) is 137 Å². The summed E-state index contributed by atoms with van der Waals surface area (Å²) in [5.74, 6) is -2.00. The third-order valence-electron chi connectivity index (χ3n) is 5.45. The van der Waals surface area contributed by atoms with Crippen LogP contribution in [0.5, 0.6) is 0 Å². The van der Waals surface area contributed by atoms with Gasteiger partial charge in [-0.15, -0.1) is 0 Å². The van der Waals surface area contributed by atoms with E-state index in [4.69, 9.17) is 18.9 Å². The first-order chi connectivity index (χ1) is 19.6. The van der Waals surface area contributed by atoms with Crippen molar-refractivity contribution in [3.63, 3.8) is 0 Å². The summed E-state index contributed by atoms with van der Waals surface area (Å²) < 4.78 is 20.6. The number of hydrogen-bond donors (Lipinski definition) is 0. The lowest BCUT2D eigenvalue weighted by molar-refractivity contribution is -0.158. The molecule has 2 aromatic heterocycles. The Balaban J connectivity index is 2.30. The second-order valence-electron chi connectivity index (χ2n) is 11.6. The molecule has 0 N–H and O–H groups in total. The summed E-state index contributed by atoms with van der Waals surface area (Å²) in [7, 11) is 2.56. The van der Waals surface area contributed by atoms with Gasteiger partial charge >= 0.3 is 23.9 Å². The summed E-state index contributed by atoms with van der Waals surface area (Å²) in [4.78, 5) is 62.0. The fourth-order valence-corrected chi connectivity index (χ4v) is 3.85. The van der Waals surface area contributed by atoms with Crippen LogP contribution in [-0.2, 0) is 41.6 Å². The molecule has 2 aromatic rings. The van der Waals surface area contributed by atoms with Gasteiger partial charge in [0, 0.05) is 26.2 Å². The third-order valence-corrected chi connectivity index (χ3v) is 5.45. The van der Waals surface area contributed by atoms with E-state index < -0.39 is 35.1 Å². The van der Waals surface area contributed by atoms with Gasteiger partial charge in [-0.2, -0.15) is 0 Å². The Kier molecular flexibility index (Phi) is 12.5. The Hall–Kier alpha value is -3.90. The van der Waals surface area contributed by atoms with Crippen LogP contribution in [0.2, 0.25) is 0 Å². The van der Waals surface area contributed by atoms with Crippen molar-refractivity contribution in [2.45, 2.75) is 65.8 Å². The molecule has 2 heterocycles. The van der Waals surface area contributed by atoms with E-state index in [9.17, 15) is 19.2 Å². The maximum atomic E-state index is 12.8. The number of hydrogen-bond acceptors (Lipinski definition) is 12. The van der Waals surface area contributed by atoms with E-state index in [0.29, 0.717) is 24.5 Å². The summed E-state index contributed by atoms with van der Waals surface area (Å²) in [6.45, 7) is 11.7. The molecule has 0 saturated carbocycles. The molecule has 0 amide bonds. The molecule has 0 saturated heterocycles. The minimum Gasteiger partial charge on any atom is -0.464 e. The highest BCUT2D eigenvalue weighted by Gasteiger charge is 2.23. The molecular formula is C30H42N4O8. The zero-order valence-corrected chi connectivity index (χ0v) is 25.8. The maximum absolute atomic E-state index is 12.8. The van der Waals surface area contributed by atoms with Gasteiger partial charge in [0.2, 0.25) is 0 Å². The standard InChI is InChI=1S/C30H42N4O8/c1-29(2,3)41-25(35)19-33(17-21-11-9-13-23(31-21)27(37)39-7)15-16-34(20-26(36)42-30(4,5)6)18-22-12-10-14-24(32-22)28(38)40-8/h9-14H,15-20H2,1-8H3. The molecule has 0 atom stereocenters. The van der Waals surface area contributed by atoms with Gasteiger partial charge in [-0.1, -0.05) is 12.1 Å². The number of ether oxygens (including phenoxy) is 4. The SMILES string of the molecule is COC(=O)c1cccc(CN(CCN(CC(=O)OC(C)(C)C)Cc2cccc(C(=O)OC)n2)CC(=O)OC(C)(C)C)n1. The van der Waals surface area contributed by atoms with Gasteiger partial charge in [0.05, 0.1) is 38.7 Å². The fourth-order valence-electron chi connectivity index (χ4n) is 3.85. The summed E-state index contributed by atoms with van der Waals surface area (Å²) in [5, 5.41) is 0. The van der Waals surface area contributed by atoms with Crippen LogP contribution < -0.4 is 0 Å². The van der Waals surface area contributed by atoms with Gasteiger partial charge in [0.15, 0.2) is 0 Å². The van der Waals surface area contributed by atoms with Crippen LogP contribution in [0.3, 0.4) is 0 Å². The molecule has 0 aromatic carbocycles. The first-order valence-electron chi connectivity index (χ1n) is 13.6. The lowest BCUT2D eigenvalue weighted by Crippen LogP contribution is -2.42. The molecule has 0 bridgehead atoms. The largest absolute Gasteiger partial charge is 0.464 e. The molecule has 12 nitrogen and oxygen atoms in total. The zero-order valence-electron chi connectivity index (χ0n) is 25.8. The first kappa shape index (κ1) is 34.3.